The number of hydrogen-bond donors (Lipinski definition) is 0. The molecule has 5 heteroatoms. The summed E-state index contributed by atoms with van der Waals surface area (Å²) in [5, 5.41) is 1.84. The molecule has 0 spiro atoms. The number of nitrogens with zero attached hydrogens (tertiary/aromatic N) is 3. The molecule has 0 aliphatic heterocycles. The third-order valence-electron chi connectivity index (χ3n) is 4.76. The quantitative estimate of drug-likeness (QED) is 0.518. The van der Waals surface area contributed by atoms with E-state index in [0.29, 0.717) is 5.69 Å². The Morgan fingerprint density at radius 3 is 2.57 bits per heavy atom. The lowest BCUT2D eigenvalue weighted by Gasteiger charge is -2.07. The maximum Gasteiger partial charge on any atom is 0.143 e. The molecule has 4 rings (SSSR count). The largest absolute Gasteiger partial charge is 0.331 e. The lowest BCUT2D eigenvalue weighted by atomic mass is 10.0. The number of imidazole rings is 1. The number of carbonyl (C=O) groups excluding carboxylic acids is 1. The van der Waals surface area contributed by atoms with Crippen LogP contribution >= 0.6 is 0 Å². The van der Waals surface area contributed by atoms with E-state index in [4.69, 9.17) is 2.74 Å². The molecule has 2 aromatic heterocycles. The third-order valence-corrected chi connectivity index (χ3v) is 4.76. The van der Waals surface area contributed by atoms with Gasteiger partial charge in [-0.25, -0.2) is 9.37 Å². The van der Waals surface area contributed by atoms with Crippen molar-refractivity contribution in [3.63, 3.8) is 0 Å². The molecule has 0 bridgehead atoms. The van der Waals surface area contributed by atoms with Crippen molar-refractivity contribution in [3.05, 3.63) is 83.8 Å². The second-order valence-electron chi connectivity index (χ2n) is 6.72. The number of halogens is 1. The van der Waals surface area contributed by atoms with Crippen LogP contribution in [0.1, 0.15) is 19.8 Å². The number of pyridine rings is 1. The van der Waals surface area contributed by atoms with E-state index in [0.717, 1.165) is 40.0 Å². The number of Topliss-reactive ketones (excluding diaryl/α,β-unsaturated/α-hetero) is 1. The standard InChI is InChI=1S/C23H20FN3O/c1-15-25-14-23(27(15)2)17-5-6-18-13-26-21(11-19(18)10-17)12-22(28)9-16-3-7-20(24)8-4-16/h3-8,10-11,13-14H,9,12H2,1-2H3/i9D2. The zero-order valence-electron chi connectivity index (χ0n) is 17.6. The number of ketones is 1. The van der Waals surface area contributed by atoms with Gasteiger partial charge in [0, 0.05) is 45.4 Å². The summed E-state index contributed by atoms with van der Waals surface area (Å²) in [6.45, 7) is 1.94. The fourth-order valence-electron chi connectivity index (χ4n) is 3.12. The molecule has 4 nitrogen and oxygen atoms in total. The van der Waals surface area contributed by atoms with E-state index in [1.807, 2.05) is 42.9 Å². The second kappa shape index (κ2) is 7.35. The van der Waals surface area contributed by atoms with Crippen molar-refractivity contribution in [2.24, 2.45) is 7.05 Å². The van der Waals surface area contributed by atoms with Gasteiger partial charge in [0.1, 0.15) is 17.4 Å². The van der Waals surface area contributed by atoms with Gasteiger partial charge in [-0.1, -0.05) is 24.3 Å². The molecule has 0 N–H and O–H groups in total. The highest BCUT2D eigenvalue weighted by Gasteiger charge is 2.10. The van der Waals surface area contributed by atoms with Crippen molar-refractivity contribution in [2.75, 3.05) is 0 Å². The summed E-state index contributed by atoms with van der Waals surface area (Å²) in [6, 6.07) is 12.7. The zero-order valence-corrected chi connectivity index (χ0v) is 15.6. The predicted molar refractivity (Wildman–Crippen MR) is 107 cm³/mol. The normalized spacial score (nSPS) is 12.7. The van der Waals surface area contributed by atoms with Crippen LogP contribution < -0.4 is 0 Å². The molecule has 0 saturated carbocycles. The molecule has 0 unspecified atom stereocenters. The van der Waals surface area contributed by atoms with Crippen molar-refractivity contribution in [3.8, 4) is 11.3 Å². The van der Waals surface area contributed by atoms with Gasteiger partial charge in [-0.3, -0.25) is 9.78 Å². The van der Waals surface area contributed by atoms with Crippen LogP contribution in [0.3, 0.4) is 0 Å². The second-order valence-corrected chi connectivity index (χ2v) is 6.72. The number of aromatic nitrogens is 3. The number of rotatable bonds is 5. The molecule has 0 atom stereocenters. The Bertz CT molecular complexity index is 1250. The highest BCUT2D eigenvalue weighted by Crippen LogP contribution is 2.25. The monoisotopic (exact) mass is 375 g/mol. The lowest BCUT2D eigenvalue weighted by Crippen LogP contribution is -2.07. The summed E-state index contributed by atoms with van der Waals surface area (Å²) in [4.78, 5) is 21.3. The van der Waals surface area contributed by atoms with Crippen LogP contribution in [0, 0.1) is 12.7 Å². The summed E-state index contributed by atoms with van der Waals surface area (Å²) in [5.74, 6) is -0.189. The number of aryl methyl sites for hydroxylation is 1. The van der Waals surface area contributed by atoms with Gasteiger partial charge in [0.25, 0.3) is 0 Å². The fourth-order valence-corrected chi connectivity index (χ4v) is 3.12. The Hall–Kier alpha value is -3.34. The molecule has 140 valence electrons. The number of carbonyl (C=O) groups is 1. The first-order valence-corrected chi connectivity index (χ1v) is 8.92. The van der Waals surface area contributed by atoms with Gasteiger partial charge in [-0.2, -0.15) is 0 Å². The van der Waals surface area contributed by atoms with E-state index < -0.39 is 18.0 Å². The first kappa shape index (κ1) is 15.7. The van der Waals surface area contributed by atoms with Crippen molar-refractivity contribution >= 4 is 16.6 Å². The zero-order chi connectivity index (χ0) is 21.5. The van der Waals surface area contributed by atoms with E-state index in [2.05, 4.69) is 9.97 Å². The van der Waals surface area contributed by atoms with Crippen LogP contribution in [0.25, 0.3) is 22.0 Å². The minimum absolute atomic E-state index is 0.128. The van der Waals surface area contributed by atoms with E-state index >= 15 is 0 Å². The molecule has 0 radical (unpaired) electrons. The van der Waals surface area contributed by atoms with Crippen LogP contribution in [-0.4, -0.2) is 20.3 Å². The summed E-state index contributed by atoms with van der Waals surface area (Å²) in [5.41, 5.74) is 2.59. The highest BCUT2D eigenvalue weighted by atomic mass is 19.1. The van der Waals surface area contributed by atoms with E-state index in [9.17, 15) is 9.18 Å². The van der Waals surface area contributed by atoms with Gasteiger partial charge in [-0.15, -0.1) is 0 Å². The number of hydrogen-bond acceptors (Lipinski definition) is 3. The van der Waals surface area contributed by atoms with Crippen LogP contribution in [0.15, 0.2) is 60.9 Å². The molecule has 0 saturated heterocycles. The average Bonchev–Trinajstić information content (AvgIpc) is 3.06. The molecule has 0 aliphatic carbocycles. The molecule has 0 aliphatic rings. The van der Waals surface area contributed by atoms with Crippen LogP contribution in [0.4, 0.5) is 4.39 Å². The van der Waals surface area contributed by atoms with Crippen LogP contribution in [0.2, 0.25) is 0 Å². The fraction of sp³-hybridized carbons (Fsp3) is 0.174. The Balaban J connectivity index is 1.63. The molecule has 2 aromatic carbocycles. The maximum absolute atomic E-state index is 13.1. The Kier molecular flexibility index (Phi) is 4.12. The van der Waals surface area contributed by atoms with Gasteiger partial charge in [-0.05, 0) is 42.1 Å². The Labute approximate surface area is 165 Å². The molecule has 28 heavy (non-hydrogen) atoms. The minimum Gasteiger partial charge on any atom is -0.331 e. The first-order chi connectivity index (χ1) is 14.3. The van der Waals surface area contributed by atoms with Gasteiger partial charge in [0.2, 0.25) is 0 Å². The van der Waals surface area contributed by atoms with E-state index in [1.54, 1.807) is 12.3 Å². The Morgan fingerprint density at radius 1 is 1.07 bits per heavy atom. The predicted octanol–water partition coefficient (Wildman–Crippen LogP) is 4.44. The summed E-state index contributed by atoms with van der Waals surface area (Å²) < 4.78 is 31.5. The number of benzene rings is 2. The van der Waals surface area contributed by atoms with Crippen molar-refractivity contribution < 1.29 is 11.9 Å². The summed E-state index contributed by atoms with van der Waals surface area (Å²) in [6.07, 6.45) is 1.12. The molecular weight excluding hydrogens is 353 g/mol. The van der Waals surface area contributed by atoms with Gasteiger partial charge in [0.05, 0.1) is 11.9 Å². The molecule has 0 fully saturated rings. The number of fused-ring (bicyclic) bond motifs is 1. The lowest BCUT2D eigenvalue weighted by molar-refractivity contribution is -0.117. The van der Waals surface area contributed by atoms with E-state index in [-0.39, 0.29) is 12.0 Å². The van der Waals surface area contributed by atoms with Crippen molar-refractivity contribution in [1.29, 1.82) is 0 Å². The molecule has 2 heterocycles. The smallest absolute Gasteiger partial charge is 0.143 e. The van der Waals surface area contributed by atoms with Crippen molar-refractivity contribution in [2.45, 2.75) is 19.7 Å². The summed E-state index contributed by atoms with van der Waals surface area (Å²) >= 11 is 0. The van der Waals surface area contributed by atoms with Crippen molar-refractivity contribution in [1.82, 2.24) is 14.5 Å². The molecular formula is C23H20FN3O. The highest BCUT2D eigenvalue weighted by molar-refractivity contribution is 5.88. The Morgan fingerprint density at radius 2 is 1.86 bits per heavy atom. The SMILES string of the molecule is [2H]C([2H])(C(=O)Cc1cc2cc(-c3cnc(C)n3C)ccc2cn1)c1ccc(F)cc1. The third kappa shape index (κ3) is 3.69. The van der Waals surface area contributed by atoms with Crippen LogP contribution in [0.5, 0.6) is 0 Å². The first-order valence-electron chi connectivity index (χ1n) is 9.92. The summed E-state index contributed by atoms with van der Waals surface area (Å²) in [7, 11) is 1.95. The average molecular weight is 375 g/mol. The molecule has 4 aromatic rings. The van der Waals surface area contributed by atoms with Gasteiger partial charge in [0.15, 0.2) is 0 Å². The van der Waals surface area contributed by atoms with E-state index in [1.165, 1.54) is 12.1 Å². The van der Waals surface area contributed by atoms with Gasteiger partial charge >= 0.3 is 0 Å². The van der Waals surface area contributed by atoms with Gasteiger partial charge < -0.3 is 4.57 Å². The molecule has 0 amide bonds. The van der Waals surface area contributed by atoms with Crippen LogP contribution in [-0.2, 0) is 24.6 Å². The topological polar surface area (TPSA) is 47.8 Å². The maximum atomic E-state index is 13.1. The minimum atomic E-state index is -2.22.